The van der Waals surface area contributed by atoms with Crippen molar-refractivity contribution >= 4 is 6.09 Å². The Labute approximate surface area is 119 Å². The predicted molar refractivity (Wildman–Crippen MR) is 77.2 cm³/mol. The molecule has 1 atom stereocenters. The van der Waals surface area contributed by atoms with Crippen LogP contribution in [0.15, 0.2) is 42.6 Å². The van der Waals surface area contributed by atoms with Gasteiger partial charge in [0.05, 0.1) is 6.54 Å². The van der Waals surface area contributed by atoms with Gasteiger partial charge in [-0.25, -0.2) is 4.79 Å². The van der Waals surface area contributed by atoms with Crippen molar-refractivity contribution in [3.63, 3.8) is 0 Å². The molecule has 0 aliphatic carbocycles. The average Bonchev–Trinajstić information content (AvgIpc) is 2.71. The molecular formula is C16H21NO3. The van der Waals surface area contributed by atoms with Crippen molar-refractivity contribution in [1.29, 1.82) is 0 Å². The zero-order valence-electron chi connectivity index (χ0n) is 12.2. The third kappa shape index (κ3) is 3.84. The Morgan fingerprint density at radius 3 is 2.60 bits per heavy atom. The third-order valence-corrected chi connectivity index (χ3v) is 2.99. The van der Waals surface area contributed by atoms with Crippen molar-refractivity contribution in [3.05, 3.63) is 48.2 Å². The summed E-state index contributed by atoms with van der Waals surface area (Å²) in [4.78, 5) is 13.4. The Morgan fingerprint density at radius 1 is 1.35 bits per heavy atom. The zero-order chi connectivity index (χ0) is 14.8. The first-order chi connectivity index (χ1) is 9.27. The number of β-amino-alcohol motifs (C(OH)–C–C–N with tert-alkyl or cyclic N) is 1. The van der Waals surface area contributed by atoms with Gasteiger partial charge < -0.3 is 9.84 Å². The lowest BCUT2D eigenvalue weighted by molar-refractivity contribution is 0.0206. The van der Waals surface area contributed by atoms with Crippen molar-refractivity contribution < 1.29 is 14.6 Å². The second kappa shape index (κ2) is 5.29. The van der Waals surface area contributed by atoms with E-state index in [1.807, 2.05) is 51.1 Å². The van der Waals surface area contributed by atoms with Gasteiger partial charge in [-0.15, -0.1) is 0 Å². The summed E-state index contributed by atoms with van der Waals surface area (Å²) in [7, 11) is 0. The highest BCUT2D eigenvalue weighted by atomic mass is 16.6. The van der Waals surface area contributed by atoms with Gasteiger partial charge in [0.2, 0.25) is 0 Å². The number of amides is 1. The first-order valence-corrected chi connectivity index (χ1v) is 6.73. The van der Waals surface area contributed by atoms with E-state index >= 15 is 0 Å². The average molecular weight is 275 g/mol. The van der Waals surface area contributed by atoms with Gasteiger partial charge in [-0.3, -0.25) is 4.90 Å². The van der Waals surface area contributed by atoms with Gasteiger partial charge in [-0.1, -0.05) is 30.3 Å². The number of benzene rings is 1. The third-order valence-electron chi connectivity index (χ3n) is 2.99. The van der Waals surface area contributed by atoms with Crippen LogP contribution in [0, 0.1) is 0 Å². The lowest BCUT2D eigenvalue weighted by atomic mass is 9.96. The van der Waals surface area contributed by atoms with Crippen molar-refractivity contribution in [2.75, 3.05) is 6.54 Å². The van der Waals surface area contributed by atoms with Gasteiger partial charge in [-0.2, -0.15) is 0 Å². The molecule has 4 nitrogen and oxygen atoms in total. The van der Waals surface area contributed by atoms with E-state index in [2.05, 4.69) is 0 Å². The van der Waals surface area contributed by atoms with Crippen LogP contribution in [0.2, 0.25) is 0 Å². The summed E-state index contributed by atoms with van der Waals surface area (Å²) in [5.41, 5.74) is -0.533. The summed E-state index contributed by atoms with van der Waals surface area (Å²) < 4.78 is 5.29. The van der Waals surface area contributed by atoms with Gasteiger partial charge in [0.1, 0.15) is 11.2 Å². The van der Waals surface area contributed by atoms with Crippen LogP contribution in [0.25, 0.3) is 0 Å². The Bertz CT molecular complexity index is 504. The van der Waals surface area contributed by atoms with E-state index in [-0.39, 0.29) is 6.54 Å². The van der Waals surface area contributed by atoms with E-state index in [0.29, 0.717) is 6.42 Å². The van der Waals surface area contributed by atoms with Crippen molar-refractivity contribution in [1.82, 2.24) is 4.90 Å². The fourth-order valence-corrected chi connectivity index (χ4v) is 2.14. The van der Waals surface area contributed by atoms with Gasteiger partial charge in [0.25, 0.3) is 0 Å². The number of rotatable bonds is 2. The number of carbonyl (C=O) groups excluding carboxylic acids is 1. The fraction of sp³-hybridized carbons (Fsp3) is 0.438. The van der Waals surface area contributed by atoms with Crippen LogP contribution in [-0.2, 0) is 11.2 Å². The molecule has 2 rings (SSSR count). The topological polar surface area (TPSA) is 49.8 Å². The van der Waals surface area contributed by atoms with E-state index in [0.717, 1.165) is 5.56 Å². The van der Waals surface area contributed by atoms with Crippen LogP contribution < -0.4 is 0 Å². The molecular weight excluding hydrogens is 254 g/mol. The minimum atomic E-state index is -1.03. The van der Waals surface area contributed by atoms with E-state index in [1.165, 1.54) is 4.90 Å². The SMILES string of the molecule is CC(C)(C)OC(=O)N1C=CC(O)(Cc2ccccc2)C1. The van der Waals surface area contributed by atoms with Crippen molar-refractivity contribution in [3.8, 4) is 0 Å². The molecule has 1 unspecified atom stereocenters. The molecule has 1 aliphatic heterocycles. The van der Waals surface area contributed by atoms with Crippen LogP contribution in [0.5, 0.6) is 0 Å². The normalized spacial score (nSPS) is 22.1. The molecule has 108 valence electrons. The van der Waals surface area contributed by atoms with Crippen LogP contribution in [0.1, 0.15) is 26.3 Å². The van der Waals surface area contributed by atoms with E-state index in [9.17, 15) is 9.90 Å². The fourth-order valence-electron chi connectivity index (χ4n) is 2.14. The second-order valence-electron chi connectivity index (χ2n) is 6.19. The van der Waals surface area contributed by atoms with Gasteiger partial charge in [0.15, 0.2) is 0 Å². The lowest BCUT2D eigenvalue weighted by Gasteiger charge is -2.26. The van der Waals surface area contributed by atoms with E-state index in [1.54, 1.807) is 12.3 Å². The zero-order valence-corrected chi connectivity index (χ0v) is 12.2. The number of carbonyl (C=O) groups is 1. The summed E-state index contributed by atoms with van der Waals surface area (Å²) in [6, 6.07) is 9.72. The Kier molecular flexibility index (Phi) is 3.86. The highest BCUT2D eigenvalue weighted by molar-refractivity contribution is 5.70. The Hall–Kier alpha value is -1.81. The molecule has 0 radical (unpaired) electrons. The Morgan fingerprint density at radius 2 is 2.00 bits per heavy atom. The highest BCUT2D eigenvalue weighted by Crippen LogP contribution is 2.24. The monoisotopic (exact) mass is 275 g/mol. The van der Waals surface area contributed by atoms with Gasteiger partial charge >= 0.3 is 6.09 Å². The smallest absolute Gasteiger partial charge is 0.414 e. The first kappa shape index (κ1) is 14.6. The van der Waals surface area contributed by atoms with Crippen molar-refractivity contribution in [2.24, 2.45) is 0 Å². The lowest BCUT2D eigenvalue weighted by Crippen LogP contribution is -2.40. The largest absolute Gasteiger partial charge is 0.443 e. The molecule has 0 saturated carbocycles. The summed E-state index contributed by atoms with van der Waals surface area (Å²) in [5.74, 6) is 0. The maximum Gasteiger partial charge on any atom is 0.414 e. The molecule has 0 aromatic heterocycles. The molecule has 20 heavy (non-hydrogen) atoms. The molecule has 1 aromatic rings. The Balaban J connectivity index is 1.98. The number of ether oxygens (including phenoxy) is 1. The minimum Gasteiger partial charge on any atom is -0.443 e. The summed E-state index contributed by atoms with van der Waals surface area (Å²) >= 11 is 0. The molecule has 1 aliphatic rings. The number of aliphatic hydroxyl groups is 1. The number of hydrogen-bond donors (Lipinski definition) is 1. The predicted octanol–water partition coefficient (Wildman–Crippen LogP) is 2.72. The molecule has 0 spiro atoms. The van der Waals surface area contributed by atoms with Gasteiger partial charge in [-0.05, 0) is 32.4 Å². The molecule has 1 amide bonds. The van der Waals surface area contributed by atoms with E-state index < -0.39 is 17.3 Å². The molecule has 1 N–H and O–H groups in total. The summed E-state index contributed by atoms with van der Waals surface area (Å²) in [5, 5.41) is 10.5. The number of nitrogens with zero attached hydrogens (tertiary/aromatic N) is 1. The first-order valence-electron chi connectivity index (χ1n) is 6.73. The quantitative estimate of drug-likeness (QED) is 0.903. The molecule has 0 saturated heterocycles. The van der Waals surface area contributed by atoms with E-state index in [4.69, 9.17) is 4.74 Å². The van der Waals surface area contributed by atoms with Crippen LogP contribution in [-0.4, -0.2) is 33.8 Å². The minimum absolute atomic E-state index is 0.219. The maximum atomic E-state index is 11.9. The van der Waals surface area contributed by atoms with Gasteiger partial charge in [0, 0.05) is 12.6 Å². The molecule has 1 aromatic carbocycles. The van der Waals surface area contributed by atoms with Crippen LogP contribution in [0.3, 0.4) is 0 Å². The standard InChI is InChI=1S/C16H21NO3/c1-15(2,3)20-14(18)17-10-9-16(19,12-17)11-13-7-5-4-6-8-13/h4-10,19H,11-12H2,1-3H3. The van der Waals surface area contributed by atoms with Crippen LogP contribution >= 0.6 is 0 Å². The van der Waals surface area contributed by atoms with Crippen LogP contribution in [0.4, 0.5) is 4.79 Å². The van der Waals surface area contributed by atoms with Crippen molar-refractivity contribution in [2.45, 2.75) is 38.4 Å². The highest BCUT2D eigenvalue weighted by Gasteiger charge is 2.35. The summed E-state index contributed by atoms with van der Waals surface area (Å²) in [6.07, 6.45) is 3.29. The molecule has 0 bridgehead atoms. The second-order valence-corrected chi connectivity index (χ2v) is 6.19. The molecule has 0 fully saturated rings. The maximum absolute atomic E-state index is 11.9. The summed E-state index contributed by atoms with van der Waals surface area (Å²) in [6.45, 7) is 5.68. The number of hydrogen-bond acceptors (Lipinski definition) is 3. The molecule has 1 heterocycles. The molecule has 4 heteroatoms.